The molecule has 5 rings (SSSR count). The van der Waals surface area contributed by atoms with Crippen molar-refractivity contribution >= 4 is 23.7 Å². The van der Waals surface area contributed by atoms with Crippen LogP contribution in [0.1, 0.15) is 77.6 Å². The summed E-state index contributed by atoms with van der Waals surface area (Å²) in [4.78, 5) is 24.9. The van der Waals surface area contributed by atoms with E-state index in [1.165, 1.54) is 51.4 Å². The number of carbonyl (C=O) groups is 2. The van der Waals surface area contributed by atoms with Gasteiger partial charge in [0.2, 0.25) is 5.91 Å². The maximum atomic E-state index is 12.5. The zero-order chi connectivity index (χ0) is 17.4. The molecule has 0 spiro atoms. The Hall–Kier alpha value is -0.710. The van der Waals surface area contributed by atoms with Crippen LogP contribution in [0.25, 0.3) is 0 Å². The third-order valence-electron chi connectivity index (χ3n) is 6.97. The SMILES string of the molecule is CC(SC1CCCCC1)C(=O)NC(=O)NC12CC3CC(CC(C3)C1)C2. The van der Waals surface area contributed by atoms with Crippen LogP contribution < -0.4 is 10.6 Å². The van der Waals surface area contributed by atoms with Gasteiger partial charge in [-0.2, -0.15) is 0 Å². The Labute approximate surface area is 155 Å². The second kappa shape index (κ2) is 7.13. The second-order valence-corrected chi connectivity index (χ2v) is 10.8. The van der Waals surface area contributed by atoms with E-state index in [9.17, 15) is 9.59 Å². The lowest BCUT2D eigenvalue weighted by Gasteiger charge is -2.56. The zero-order valence-corrected chi connectivity index (χ0v) is 16.2. The number of amides is 3. The summed E-state index contributed by atoms with van der Waals surface area (Å²) in [6.07, 6.45) is 13.7. The van der Waals surface area contributed by atoms with E-state index in [0.29, 0.717) is 5.25 Å². The van der Waals surface area contributed by atoms with Crippen molar-refractivity contribution in [2.45, 2.75) is 93.6 Å². The largest absolute Gasteiger partial charge is 0.332 e. The van der Waals surface area contributed by atoms with Crippen LogP contribution in [-0.4, -0.2) is 28.0 Å². The van der Waals surface area contributed by atoms with Gasteiger partial charge in [0.1, 0.15) is 0 Å². The molecule has 5 heteroatoms. The van der Waals surface area contributed by atoms with Gasteiger partial charge in [0.15, 0.2) is 0 Å². The molecule has 1 unspecified atom stereocenters. The Morgan fingerprint density at radius 1 is 0.960 bits per heavy atom. The van der Waals surface area contributed by atoms with Crippen LogP contribution >= 0.6 is 11.8 Å². The topological polar surface area (TPSA) is 58.2 Å². The van der Waals surface area contributed by atoms with E-state index in [4.69, 9.17) is 0 Å². The molecular weight excluding hydrogens is 332 g/mol. The fourth-order valence-corrected chi connectivity index (χ4v) is 7.67. The van der Waals surface area contributed by atoms with Gasteiger partial charge in [0.05, 0.1) is 5.25 Å². The van der Waals surface area contributed by atoms with Crippen molar-refractivity contribution in [3.8, 4) is 0 Å². The molecule has 3 amide bonds. The second-order valence-electron chi connectivity index (χ2n) is 9.18. The molecule has 0 saturated heterocycles. The van der Waals surface area contributed by atoms with E-state index < -0.39 is 0 Å². The van der Waals surface area contributed by atoms with Gasteiger partial charge in [-0.3, -0.25) is 10.1 Å². The summed E-state index contributed by atoms with van der Waals surface area (Å²) < 4.78 is 0. The van der Waals surface area contributed by atoms with Gasteiger partial charge >= 0.3 is 6.03 Å². The Morgan fingerprint density at radius 2 is 1.52 bits per heavy atom. The van der Waals surface area contributed by atoms with Crippen molar-refractivity contribution in [3.05, 3.63) is 0 Å². The lowest BCUT2D eigenvalue weighted by Crippen LogP contribution is -2.62. The minimum absolute atomic E-state index is 0.0289. The number of carbonyl (C=O) groups excluding carboxylic acids is 2. The third-order valence-corrected chi connectivity index (χ3v) is 8.45. The molecule has 4 nitrogen and oxygen atoms in total. The minimum Gasteiger partial charge on any atom is -0.332 e. The summed E-state index contributed by atoms with van der Waals surface area (Å²) in [7, 11) is 0. The van der Waals surface area contributed by atoms with E-state index in [2.05, 4.69) is 10.6 Å². The highest BCUT2D eigenvalue weighted by Gasteiger charge is 2.51. The average Bonchev–Trinajstić information content (AvgIpc) is 2.53. The van der Waals surface area contributed by atoms with Gasteiger partial charge in [-0.25, -0.2) is 4.79 Å². The highest BCUT2D eigenvalue weighted by molar-refractivity contribution is 8.01. The Kier molecular flexibility index (Phi) is 5.04. The van der Waals surface area contributed by atoms with E-state index in [0.717, 1.165) is 37.0 Å². The Morgan fingerprint density at radius 3 is 2.08 bits per heavy atom. The summed E-state index contributed by atoms with van der Waals surface area (Å²) >= 11 is 1.75. The molecule has 5 aliphatic rings. The normalized spacial score (nSPS) is 38.4. The highest BCUT2D eigenvalue weighted by atomic mass is 32.2. The summed E-state index contributed by atoms with van der Waals surface area (Å²) in [5.41, 5.74) is -0.0289. The number of hydrogen-bond acceptors (Lipinski definition) is 3. The standard InChI is InChI=1S/C20H32N2O2S/c1-13(25-17-5-3-2-4-6-17)18(23)21-19(24)22-20-10-14-7-15(11-20)9-16(8-14)12-20/h13-17H,2-12H2,1H3,(H2,21,22,23,24). The summed E-state index contributed by atoms with van der Waals surface area (Å²) in [6, 6.07) is -0.261. The fourth-order valence-electron chi connectivity index (χ4n) is 6.30. The van der Waals surface area contributed by atoms with Gasteiger partial charge in [0, 0.05) is 10.8 Å². The van der Waals surface area contributed by atoms with Crippen LogP contribution in [0.2, 0.25) is 0 Å². The third kappa shape index (κ3) is 4.01. The van der Waals surface area contributed by atoms with Crippen molar-refractivity contribution in [1.29, 1.82) is 0 Å². The number of nitrogens with one attached hydrogen (secondary N) is 2. The molecule has 5 aliphatic carbocycles. The van der Waals surface area contributed by atoms with Gasteiger partial charge in [0.25, 0.3) is 0 Å². The first kappa shape index (κ1) is 17.7. The molecule has 4 bridgehead atoms. The van der Waals surface area contributed by atoms with E-state index in [1.54, 1.807) is 11.8 Å². The predicted molar refractivity (Wildman–Crippen MR) is 102 cm³/mol. The zero-order valence-electron chi connectivity index (χ0n) is 15.4. The number of thioether (sulfide) groups is 1. The minimum atomic E-state index is -0.261. The van der Waals surface area contributed by atoms with Crippen LogP contribution in [0.5, 0.6) is 0 Å². The number of imide groups is 1. The van der Waals surface area contributed by atoms with Crippen molar-refractivity contribution in [1.82, 2.24) is 10.6 Å². The molecule has 1 atom stereocenters. The summed E-state index contributed by atoms with van der Waals surface area (Å²) in [5, 5.41) is 6.30. The summed E-state index contributed by atoms with van der Waals surface area (Å²) in [5.74, 6) is 2.26. The van der Waals surface area contributed by atoms with Crippen molar-refractivity contribution in [3.63, 3.8) is 0 Å². The molecule has 0 heterocycles. The van der Waals surface area contributed by atoms with Crippen LogP contribution in [0.4, 0.5) is 4.79 Å². The van der Waals surface area contributed by atoms with Gasteiger partial charge in [-0.1, -0.05) is 19.3 Å². The van der Waals surface area contributed by atoms with Crippen LogP contribution in [0.15, 0.2) is 0 Å². The maximum absolute atomic E-state index is 12.5. The molecule has 140 valence electrons. The van der Waals surface area contributed by atoms with E-state index >= 15 is 0 Å². The smallest absolute Gasteiger partial charge is 0.321 e. The van der Waals surface area contributed by atoms with Crippen molar-refractivity contribution < 1.29 is 9.59 Å². The van der Waals surface area contributed by atoms with Crippen LogP contribution in [-0.2, 0) is 4.79 Å². The lowest BCUT2D eigenvalue weighted by molar-refractivity contribution is -0.119. The molecule has 5 fully saturated rings. The van der Waals surface area contributed by atoms with Gasteiger partial charge in [-0.15, -0.1) is 11.8 Å². The van der Waals surface area contributed by atoms with Crippen LogP contribution in [0, 0.1) is 17.8 Å². The fraction of sp³-hybridized carbons (Fsp3) is 0.900. The average molecular weight is 365 g/mol. The van der Waals surface area contributed by atoms with E-state index in [-0.39, 0.29) is 22.7 Å². The molecule has 0 aromatic rings. The number of hydrogen-bond donors (Lipinski definition) is 2. The van der Waals surface area contributed by atoms with Gasteiger partial charge < -0.3 is 5.32 Å². The molecule has 0 aliphatic heterocycles. The number of urea groups is 1. The van der Waals surface area contributed by atoms with Crippen molar-refractivity contribution in [2.75, 3.05) is 0 Å². The summed E-state index contributed by atoms with van der Waals surface area (Å²) in [6.45, 7) is 1.94. The molecule has 0 aromatic heterocycles. The molecule has 0 radical (unpaired) electrons. The van der Waals surface area contributed by atoms with Crippen LogP contribution in [0.3, 0.4) is 0 Å². The predicted octanol–water partition coefficient (Wildman–Crippen LogP) is 4.24. The molecule has 2 N–H and O–H groups in total. The molecule has 25 heavy (non-hydrogen) atoms. The van der Waals surface area contributed by atoms with Gasteiger partial charge in [-0.05, 0) is 76.0 Å². The highest BCUT2D eigenvalue weighted by Crippen LogP contribution is 2.55. The lowest BCUT2D eigenvalue weighted by atomic mass is 9.53. The maximum Gasteiger partial charge on any atom is 0.321 e. The first-order chi connectivity index (χ1) is 12.0. The van der Waals surface area contributed by atoms with Crippen molar-refractivity contribution in [2.24, 2.45) is 17.8 Å². The Bertz CT molecular complexity index is 495. The molecule has 0 aromatic carbocycles. The quantitative estimate of drug-likeness (QED) is 0.784. The van der Waals surface area contributed by atoms with E-state index in [1.807, 2.05) is 6.92 Å². The first-order valence-electron chi connectivity index (χ1n) is 10.3. The molecule has 5 saturated carbocycles. The first-order valence-corrected chi connectivity index (χ1v) is 11.2. The molecular formula is C20H32N2O2S. The monoisotopic (exact) mass is 364 g/mol. The number of rotatable bonds is 4. The Balaban J connectivity index is 1.27.